The van der Waals surface area contributed by atoms with Crippen LogP contribution in [0.2, 0.25) is 0 Å². The van der Waals surface area contributed by atoms with Gasteiger partial charge in [0.15, 0.2) is 6.20 Å². The fourth-order valence-corrected chi connectivity index (χ4v) is 5.08. The molecule has 0 aliphatic carbocycles. The zero-order chi connectivity index (χ0) is 28.4. The van der Waals surface area contributed by atoms with Crippen molar-refractivity contribution < 1.29 is 18.8 Å². The predicted molar refractivity (Wildman–Crippen MR) is 159 cm³/mol. The number of nitrogens with one attached hydrogen (secondary N) is 2. The Hall–Kier alpha value is -4.58. The second-order valence-corrected chi connectivity index (χ2v) is 10.5. The van der Waals surface area contributed by atoms with Crippen molar-refractivity contribution in [2.45, 2.75) is 39.5 Å². The van der Waals surface area contributed by atoms with Crippen LogP contribution in [0.1, 0.15) is 65.5 Å². The number of carbonyl (C=O) groups is 1. The van der Waals surface area contributed by atoms with Crippen molar-refractivity contribution >= 4 is 17.2 Å². The minimum Gasteiger partial charge on any atom is -0.496 e. The summed E-state index contributed by atoms with van der Waals surface area (Å²) in [7, 11) is 3.62. The number of amides is 1. The molecule has 5 rings (SSSR count). The molecule has 40 heavy (non-hydrogen) atoms. The summed E-state index contributed by atoms with van der Waals surface area (Å²) in [5.74, 6) is 1.62. The fourth-order valence-electron chi connectivity index (χ4n) is 5.08. The molecule has 0 radical (unpaired) electrons. The SMILES string of the molecule is C=C(C)c1cc(-c2ccc[n+](C)c2OCc2ccccc2)cc(C2NC(=O)c3cc(C(C)C)ccc3N2)c1OC. The zero-order valence-corrected chi connectivity index (χ0v) is 23.7. The number of rotatable bonds is 8. The van der Waals surface area contributed by atoms with Crippen LogP contribution in [0.4, 0.5) is 5.69 Å². The lowest BCUT2D eigenvalue weighted by Gasteiger charge is -2.30. The lowest BCUT2D eigenvalue weighted by Crippen LogP contribution is -2.38. The maximum absolute atomic E-state index is 13.3. The molecule has 6 heteroatoms. The minimum atomic E-state index is -0.496. The summed E-state index contributed by atoms with van der Waals surface area (Å²) in [6, 6.07) is 24.3. The van der Waals surface area contributed by atoms with Crippen molar-refractivity contribution in [3.63, 3.8) is 0 Å². The molecule has 1 aliphatic rings. The van der Waals surface area contributed by atoms with Crippen molar-refractivity contribution in [2.75, 3.05) is 12.4 Å². The zero-order valence-electron chi connectivity index (χ0n) is 23.7. The van der Waals surface area contributed by atoms with Gasteiger partial charge < -0.3 is 20.1 Å². The van der Waals surface area contributed by atoms with Crippen LogP contribution in [-0.2, 0) is 13.7 Å². The highest BCUT2D eigenvalue weighted by Crippen LogP contribution is 2.41. The number of anilines is 1. The number of pyridine rings is 1. The first-order valence-corrected chi connectivity index (χ1v) is 13.5. The van der Waals surface area contributed by atoms with E-state index < -0.39 is 6.17 Å². The number of allylic oxidation sites excluding steroid dienone is 1. The van der Waals surface area contributed by atoms with Crippen molar-refractivity contribution in [2.24, 2.45) is 7.05 Å². The number of aromatic nitrogens is 1. The first-order valence-electron chi connectivity index (χ1n) is 13.5. The van der Waals surface area contributed by atoms with Crippen LogP contribution in [0.5, 0.6) is 11.6 Å². The van der Waals surface area contributed by atoms with Crippen LogP contribution in [0, 0.1) is 0 Å². The minimum absolute atomic E-state index is 0.122. The van der Waals surface area contributed by atoms with E-state index >= 15 is 0 Å². The van der Waals surface area contributed by atoms with Crippen LogP contribution in [0.15, 0.2) is 85.6 Å². The highest BCUT2D eigenvalue weighted by Gasteiger charge is 2.30. The van der Waals surface area contributed by atoms with Gasteiger partial charge >= 0.3 is 5.88 Å². The van der Waals surface area contributed by atoms with E-state index in [0.717, 1.165) is 50.5 Å². The van der Waals surface area contributed by atoms with Gasteiger partial charge in [0.25, 0.3) is 5.91 Å². The predicted octanol–water partition coefficient (Wildman–Crippen LogP) is 6.78. The molecule has 1 unspecified atom stereocenters. The lowest BCUT2D eigenvalue weighted by molar-refractivity contribution is -0.677. The molecule has 204 valence electrons. The van der Waals surface area contributed by atoms with Gasteiger partial charge in [-0.3, -0.25) is 4.79 Å². The maximum atomic E-state index is 13.3. The monoisotopic (exact) mass is 534 g/mol. The summed E-state index contributed by atoms with van der Waals surface area (Å²) in [6.07, 6.45) is 1.48. The third kappa shape index (κ3) is 5.30. The summed E-state index contributed by atoms with van der Waals surface area (Å²) in [6.45, 7) is 10.9. The Kier molecular flexibility index (Phi) is 7.60. The van der Waals surface area contributed by atoms with Gasteiger partial charge in [0.05, 0.1) is 18.2 Å². The molecule has 4 aromatic rings. The Bertz CT molecular complexity index is 1580. The molecule has 0 saturated heterocycles. The van der Waals surface area contributed by atoms with Gasteiger partial charge in [-0.1, -0.05) is 56.8 Å². The summed E-state index contributed by atoms with van der Waals surface area (Å²) in [4.78, 5) is 13.3. The van der Waals surface area contributed by atoms with Crippen LogP contribution >= 0.6 is 0 Å². The molecular weight excluding hydrogens is 498 g/mol. The number of methoxy groups -OCH3 is 1. The third-order valence-electron chi connectivity index (χ3n) is 7.28. The molecule has 3 aromatic carbocycles. The highest BCUT2D eigenvalue weighted by molar-refractivity contribution is 6.02. The third-order valence-corrected chi connectivity index (χ3v) is 7.28. The van der Waals surface area contributed by atoms with Crippen LogP contribution in [0.25, 0.3) is 16.7 Å². The molecule has 0 bridgehead atoms. The Labute approximate surface area is 236 Å². The number of ether oxygens (including phenoxy) is 2. The quantitative estimate of drug-likeness (QED) is 0.245. The van der Waals surface area contributed by atoms with E-state index in [1.165, 1.54) is 0 Å². The van der Waals surface area contributed by atoms with E-state index in [2.05, 4.69) is 49.3 Å². The van der Waals surface area contributed by atoms with E-state index in [1.54, 1.807) is 7.11 Å². The first-order chi connectivity index (χ1) is 19.3. The van der Waals surface area contributed by atoms with E-state index in [1.807, 2.05) is 79.3 Å². The second kappa shape index (κ2) is 11.3. The van der Waals surface area contributed by atoms with Crippen molar-refractivity contribution in [1.82, 2.24) is 5.32 Å². The highest BCUT2D eigenvalue weighted by atomic mass is 16.5. The summed E-state index contributed by atoms with van der Waals surface area (Å²) >= 11 is 0. The van der Waals surface area contributed by atoms with E-state index in [0.29, 0.717) is 23.8 Å². The number of hydrogen-bond donors (Lipinski definition) is 2. The number of fused-ring (bicyclic) bond motifs is 1. The summed E-state index contributed by atoms with van der Waals surface area (Å²) in [5, 5.41) is 6.67. The largest absolute Gasteiger partial charge is 0.496 e. The van der Waals surface area contributed by atoms with Crippen molar-refractivity contribution in [3.8, 4) is 22.8 Å². The van der Waals surface area contributed by atoms with Gasteiger partial charge in [0, 0.05) is 22.9 Å². The molecule has 1 amide bonds. The molecule has 0 fully saturated rings. The molecule has 6 nitrogen and oxygen atoms in total. The smallest absolute Gasteiger partial charge is 0.375 e. The van der Waals surface area contributed by atoms with Gasteiger partial charge in [-0.15, -0.1) is 0 Å². The molecular formula is C34H36N3O3+. The van der Waals surface area contributed by atoms with E-state index in [9.17, 15) is 4.79 Å². The Morgan fingerprint density at radius 2 is 1.77 bits per heavy atom. The average Bonchev–Trinajstić information content (AvgIpc) is 2.95. The molecule has 0 spiro atoms. The van der Waals surface area contributed by atoms with Crippen molar-refractivity contribution in [3.05, 3.63) is 113 Å². The first kappa shape index (κ1) is 27.0. The standard InChI is InChI=1S/C34H35N3O3/c1-21(2)24-14-15-30-28(17-24)33(38)36-32(35-30)29-19-25(18-27(22(3)4)31(29)39-6)26-13-10-16-37(5)34(26)40-20-23-11-8-7-9-12-23/h7-19,21,32H,3,20H2,1-2,4-6H3,(H-,35,36,38)/p+1. The van der Waals surface area contributed by atoms with Crippen LogP contribution < -0.4 is 24.7 Å². The van der Waals surface area contributed by atoms with Crippen LogP contribution in [-0.4, -0.2) is 13.0 Å². The number of nitrogens with zero attached hydrogens (tertiary/aromatic N) is 1. The van der Waals surface area contributed by atoms with Crippen molar-refractivity contribution in [1.29, 1.82) is 0 Å². The molecule has 1 aromatic heterocycles. The maximum Gasteiger partial charge on any atom is 0.375 e. The molecule has 2 heterocycles. The second-order valence-electron chi connectivity index (χ2n) is 10.5. The van der Waals surface area contributed by atoms with Gasteiger partial charge in [-0.2, -0.15) is 4.57 Å². The number of aryl methyl sites for hydroxylation is 1. The number of carbonyl (C=O) groups excluding carboxylic acids is 1. The average molecular weight is 535 g/mol. The Morgan fingerprint density at radius 1 is 1.00 bits per heavy atom. The lowest BCUT2D eigenvalue weighted by atomic mass is 9.93. The van der Waals surface area contributed by atoms with Gasteiger partial charge in [-0.25, -0.2) is 0 Å². The Balaban J connectivity index is 1.59. The molecule has 1 aliphatic heterocycles. The van der Waals surface area contributed by atoms with Gasteiger partial charge in [0.2, 0.25) is 0 Å². The summed E-state index contributed by atoms with van der Waals surface area (Å²) < 4.78 is 14.3. The molecule has 0 saturated carbocycles. The topological polar surface area (TPSA) is 63.5 Å². The van der Waals surface area contributed by atoms with E-state index in [4.69, 9.17) is 9.47 Å². The molecule has 2 N–H and O–H groups in total. The normalized spacial score (nSPS) is 14.2. The van der Waals surface area contributed by atoms with Gasteiger partial charge in [0.1, 0.15) is 25.6 Å². The van der Waals surface area contributed by atoms with E-state index in [-0.39, 0.29) is 5.91 Å². The fraction of sp³-hybridized carbons (Fsp3) is 0.235. The van der Waals surface area contributed by atoms with Gasteiger partial charge in [-0.05, 0) is 65.4 Å². The summed E-state index contributed by atoms with van der Waals surface area (Å²) in [5.41, 5.74) is 8.04. The van der Waals surface area contributed by atoms with Crippen LogP contribution in [0.3, 0.4) is 0 Å². The number of hydrogen-bond acceptors (Lipinski definition) is 4. The Morgan fingerprint density at radius 3 is 2.48 bits per heavy atom. The molecule has 1 atom stereocenters. The number of benzene rings is 3.